The van der Waals surface area contributed by atoms with Gasteiger partial charge in [0.15, 0.2) is 5.82 Å². The lowest BCUT2D eigenvalue weighted by atomic mass is 10.1. The number of ether oxygens (including phenoxy) is 1. The first-order valence-corrected chi connectivity index (χ1v) is 6.75. The van der Waals surface area contributed by atoms with E-state index in [4.69, 9.17) is 4.74 Å². The second-order valence-corrected chi connectivity index (χ2v) is 4.73. The SMILES string of the molecule is COc1ccc(-n2c([C@H](O)c3ccccc3)n[nH]c2=O)cc1. The van der Waals surface area contributed by atoms with Crippen LogP contribution in [-0.2, 0) is 0 Å². The Bertz CT molecular complexity index is 807. The van der Waals surface area contributed by atoms with Crippen molar-refractivity contribution in [3.8, 4) is 11.4 Å². The van der Waals surface area contributed by atoms with Crippen molar-refractivity contribution >= 4 is 0 Å². The van der Waals surface area contributed by atoms with Crippen LogP contribution in [0.3, 0.4) is 0 Å². The molecule has 0 bridgehead atoms. The first kappa shape index (κ1) is 14.1. The van der Waals surface area contributed by atoms with Gasteiger partial charge in [0.25, 0.3) is 0 Å². The minimum Gasteiger partial charge on any atom is -0.497 e. The van der Waals surface area contributed by atoms with E-state index in [0.29, 0.717) is 17.0 Å². The number of rotatable bonds is 4. The molecule has 22 heavy (non-hydrogen) atoms. The Kier molecular flexibility index (Phi) is 3.76. The lowest BCUT2D eigenvalue weighted by molar-refractivity contribution is 0.207. The zero-order valence-corrected chi connectivity index (χ0v) is 11.9. The molecule has 3 rings (SSSR count). The number of aromatic amines is 1. The molecule has 6 nitrogen and oxygen atoms in total. The van der Waals surface area contributed by atoms with E-state index in [2.05, 4.69) is 10.2 Å². The van der Waals surface area contributed by atoms with Crippen LogP contribution in [0.25, 0.3) is 5.69 Å². The monoisotopic (exact) mass is 297 g/mol. The van der Waals surface area contributed by atoms with E-state index in [9.17, 15) is 9.90 Å². The Morgan fingerprint density at radius 2 is 1.82 bits per heavy atom. The quantitative estimate of drug-likeness (QED) is 0.767. The first-order valence-electron chi connectivity index (χ1n) is 6.75. The third-order valence-corrected chi connectivity index (χ3v) is 3.39. The third-order valence-electron chi connectivity index (χ3n) is 3.39. The molecule has 0 saturated carbocycles. The van der Waals surface area contributed by atoms with Gasteiger partial charge in [0, 0.05) is 0 Å². The van der Waals surface area contributed by atoms with Crippen LogP contribution in [0.1, 0.15) is 17.5 Å². The Hall–Kier alpha value is -2.86. The van der Waals surface area contributed by atoms with Crippen LogP contribution in [0.5, 0.6) is 5.75 Å². The zero-order chi connectivity index (χ0) is 15.5. The van der Waals surface area contributed by atoms with Crippen molar-refractivity contribution in [2.45, 2.75) is 6.10 Å². The van der Waals surface area contributed by atoms with Crippen molar-refractivity contribution in [1.29, 1.82) is 0 Å². The van der Waals surface area contributed by atoms with Crippen LogP contribution >= 0.6 is 0 Å². The molecular weight excluding hydrogens is 282 g/mol. The summed E-state index contributed by atoms with van der Waals surface area (Å²) in [5.74, 6) is 0.923. The van der Waals surface area contributed by atoms with Gasteiger partial charge in [0.1, 0.15) is 11.9 Å². The number of hydrogen-bond acceptors (Lipinski definition) is 4. The topological polar surface area (TPSA) is 80.1 Å². The summed E-state index contributed by atoms with van der Waals surface area (Å²) in [7, 11) is 1.57. The van der Waals surface area contributed by atoms with Crippen LogP contribution in [0.2, 0.25) is 0 Å². The van der Waals surface area contributed by atoms with E-state index >= 15 is 0 Å². The van der Waals surface area contributed by atoms with Crippen molar-refractivity contribution < 1.29 is 9.84 Å². The molecule has 0 spiro atoms. The molecule has 1 aromatic heterocycles. The predicted octanol–water partition coefficient (Wildman–Crippen LogP) is 1.65. The molecule has 0 fully saturated rings. The highest BCUT2D eigenvalue weighted by Gasteiger charge is 2.20. The van der Waals surface area contributed by atoms with Gasteiger partial charge in [-0.3, -0.25) is 0 Å². The number of methoxy groups -OCH3 is 1. The molecule has 0 unspecified atom stereocenters. The summed E-state index contributed by atoms with van der Waals surface area (Å²) in [5.41, 5.74) is 0.857. The smallest absolute Gasteiger partial charge is 0.348 e. The maximum atomic E-state index is 12.0. The molecule has 0 aliphatic heterocycles. The van der Waals surface area contributed by atoms with Gasteiger partial charge in [-0.25, -0.2) is 14.5 Å². The summed E-state index contributed by atoms with van der Waals surface area (Å²) < 4.78 is 6.45. The van der Waals surface area contributed by atoms with Gasteiger partial charge in [-0.2, -0.15) is 5.10 Å². The number of hydrogen-bond donors (Lipinski definition) is 2. The number of benzene rings is 2. The highest BCUT2D eigenvalue weighted by atomic mass is 16.5. The largest absolute Gasteiger partial charge is 0.497 e. The second kappa shape index (κ2) is 5.87. The number of aromatic nitrogens is 3. The van der Waals surface area contributed by atoms with Gasteiger partial charge < -0.3 is 9.84 Å². The number of aliphatic hydroxyl groups is 1. The molecular formula is C16H15N3O3. The van der Waals surface area contributed by atoms with E-state index in [1.165, 1.54) is 4.57 Å². The maximum Gasteiger partial charge on any atom is 0.348 e. The van der Waals surface area contributed by atoms with Crippen LogP contribution in [-0.4, -0.2) is 27.0 Å². The zero-order valence-electron chi connectivity index (χ0n) is 11.9. The number of nitrogens with zero attached hydrogens (tertiary/aromatic N) is 2. The first-order chi connectivity index (χ1) is 10.7. The third kappa shape index (κ3) is 2.51. The molecule has 0 radical (unpaired) electrons. The van der Waals surface area contributed by atoms with Crippen LogP contribution in [0, 0.1) is 0 Å². The van der Waals surface area contributed by atoms with Crippen molar-refractivity contribution in [2.24, 2.45) is 0 Å². The van der Waals surface area contributed by atoms with Crippen molar-refractivity contribution in [3.05, 3.63) is 76.5 Å². The average molecular weight is 297 g/mol. The van der Waals surface area contributed by atoms with Gasteiger partial charge in [-0.1, -0.05) is 30.3 Å². The molecule has 0 saturated heterocycles. The van der Waals surface area contributed by atoms with E-state index < -0.39 is 11.8 Å². The summed E-state index contributed by atoms with van der Waals surface area (Å²) in [6.07, 6.45) is -0.998. The Balaban J connectivity index is 2.05. The van der Waals surface area contributed by atoms with Crippen molar-refractivity contribution in [3.63, 3.8) is 0 Å². The fourth-order valence-corrected chi connectivity index (χ4v) is 2.26. The Morgan fingerprint density at radius 3 is 2.45 bits per heavy atom. The summed E-state index contributed by atoms with van der Waals surface area (Å²) in [6.45, 7) is 0. The molecule has 1 heterocycles. The lowest BCUT2D eigenvalue weighted by Crippen LogP contribution is -2.19. The van der Waals surface area contributed by atoms with Crippen molar-refractivity contribution in [2.75, 3.05) is 7.11 Å². The van der Waals surface area contributed by atoms with Gasteiger partial charge in [0.2, 0.25) is 0 Å². The van der Waals surface area contributed by atoms with Gasteiger partial charge in [0.05, 0.1) is 12.8 Å². The summed E-state index contributed by atoms with van der Waals surface area (Å²) in [5, 5.41) is 16.8. The molecule has 2 aromatic carbocycles. The molecule has 112 valence electrons. The minimum absolute atomic E-state index is 0.237. The fourth-order valence-electron chi connectivity index (χ4n) is 2.26. The Morgan fingerprint density at radius 1 is 1.14 bits per heavy atom. The average Bonchev–Trinajstić information content (AvgIpc) is 2.96. The van der Waals surface area contributed by atoms with E-state index in [1.807, 2.05) is 18.2 Å². The van der Waals surface area contributed by atoms with E-state index in [0.717, 1.165) is 0 Å². The van der Waals surface area contributed by atoms with Gasteiger partial charge >= 0.3 is 5.69 Å². The molecule has 6 heteroatoms. The van der Waals surface area contributed by atoms with Crippen molar-refractivity contribution in [1.82, 2.24) is 14.8 Å². The maximum absolute atomic E-state index is 12.0. The standard InChI is InChI=1S/C16H15N3O3/c1-22-13-9-7-12(8-10-13)19-15(17-18-16(19)21)14(20)11-5-3-2-4-6-11/h2-10,14,20H,1H3,(H,18,21)/t14-/m1/s1. The van der Waals surface area contributed by atoms with Gasteiger partial charge in [-0.05, 0) is 29.8 Å². The highest BCUT2D eigenvalue weighted by Crippen LogP contribution is 2.22. The minimum atomic E-state index is -0.998. The molecule has 0 aliphatic rings. The number of nitrogens with one attached hydrogen (secondary N) is 1. The van der Waals surface area contributed by atoms with E-state index in [-0.39, 0.29) is 5.82 Å². The molecule has 0 aliphatic carbocycles. The van der Waals surface area contributed by atoms with Crippen LogP contribution < -0.4 is 10.4 Å². The number of aliphatic hydroxyl groups excluding tert-OH is 1. The summed E-state index contributed by atoms with van der Waals surface area (Å²) in [6, 6.07) is 16.0. The number of H-pyrrole nitrogens is 1. The van der Waals surface area contributed by atoms with Crippen LogP contribution in [0.15, 0.2) is 59.4 Å². The molecule has 0 amide bonds. The van der Waals surface area contributed by atoms with E-state index in [1.54, 1.807) is 43.5 Å². The lowest BCUT2D eigenvalue weighted by Gasteiger charge is -2.12. The summed E-state index contributed by atoms with van der Waals surface area (Å²) in [4.78, 5) is 12.0. The molecule has 2 N–H and O–H groups in total. The highest BCUT2D eigenvalue weighted by molar-refractivity contribution is 5.39. The normalized spacial score (nSPS) is 12.1. The second-order valence-electron chi connectivity index (χ2n) is 4.73. The van der Waals surface area contributed by atoms with Crippen LogP contribution in [0.4, 0.5) is 0 Å². The summed E-state index contributed by atoms with van der Waals surface area (Å²) >= 11 is 0. The van der Waals surface area contributed by atoms with Gasteiger partial charge in [-0.15, -0.1) is 0 Å². The fraction of sp³-hybridized carbons (Fsp3) is 0.125. The predicted molar refractivity (Wildman–Crippen MR) is 81.2 cm³/mol. The molecule has 3 aromatic rings. The Labute approximate surface area is 126 Å². The molecule has 1 atom stereocenters.